The monoisotopic (exact) mass is 417 g/mol. The lowest BCUT2D eigenvalue weighted by Gasteiger charge is -2.16. The van der Waals surface area contributed by atoms with Crippen LogP contribution in [0.25, 0.3) is 0 Å². The van der Waals surface area contributed by atoms with E-state index in [0.717, 1.165) is 11.8 Å². The van der Waals surface area contributed by atoms with Gasteiger partial charge in [-0.2, -0.15) is 0 Å². The number of benzene rings is 2. The molecule has 0 saturated heterocycles. The number of rotatable bonds is 9. The van der Waals surface area contributed by atoms with E-state index in [1.165, 1.54) is 31.2 Å². The maximum Gasteiger partial charge on any atom is 0.338 e. The zero-order valence-corrected chi connectivity index (χ0v) is 17.1. The van der Waals surface area contributed by atoms with Gasteiger partial charge in [-0.1, -0.05) is 42.5 Å². The van der Waals surface area contributed by atoms with Crippen LogP contribution in [0.3, 0.4) is 0 Å². The standard InChI is InChI=1S/C21H23NO6S/c1-15(23)19(12-16-6-4-3-5-7-16)22-20(24)13-28-21(25)18-10-8-17(9-11-18)14-29(2,26)27/h3-11,19H,12-14H2,1-2H3,(H,22,24)/t19-/m0/s1. The summed E-state index contributed by atoms with van der Waals surface area (Å²) in [7, 11) is -3.17. The van der Waals surface area contributed by atoms with Crippen molar-refractivity contribution in [2.75, 3.05) is 12.9 Å². The van der Waals surface area contributed by atoms with Crippen molar-refractivity contribution in [2.24, 2.45) is 0 Å². The van der Waals surface area contributed by atoms with Crippen molar-refractivity contribution in [2.45, 2.75) is 25.1 Å². The second-order valence-corrected chi connectivity index (χ2v) is 8.90. The highest BCUT2D eigenvalue weighted by atomic mass is 32.2. The van der Waals surface area contributed by atoms with Crippen molar-refractivity contribution in [3.05, 3.63) is 71.3 Å². The van der Waals surface area contributed by atoms with Gasteiger partial charge < -0.3 is 10.1 Å². The van der Waals surface area contributed by atoms with Gasteiger partial charge in [0.15, 0.2) is 22.2 Å². The molecule has 0 aromatic heterocycles. The van der Waals surface area contributed by atoms with Crippen LogP contribution in [0.1, 0.15) is 28.4 Å². The lowest BCUT2D eigenvalue weighted by atomic mass is 10.0. The lowest BCUT2D eigenvalue weighted by Crippen LogP contribution is -2.43. The fourth-order valence-corrected chi connectivity index (χ4v) is 3.43. The Morgan fingerprint density at radius 3 is 2.14 bits per heavy atom. The number of nitrogens with one attached hydrogen (secondary N) is 1. The van der Waals surface area contributed by atoms with Crippen molar-refractivity contribution in [1.29, 1.82) is 0 Å². The van der Waals surface area contributed by atoms with Gasteiger partial charge in [0.25, 0.3) is 5.91 Å². The van der Waals surface area contributed by atoms with Gasteiger partial charge in [0.1, 0.15) is 0 Å². The molecular weight excluding hydrogens is 394 g/mol. The number of sulfone groups is 1. The van der Waals surface area contributed by atoms with E-state index in [0.29, 0.717) is 12.0 Å². The first-order valence-electron chi connectivity index (χ1n) is 8.91. The smallest absolute Gasteiger partial charge is 0.338 e. The first kappa shape index (κ1) is 22.3. The number of hydrogen-bond donors (Lipinski definition) is 1. The molecule has 0 spiro atoms. The molecule has 8 heteroatoms. The molecule has 0 aliphatic rings. The third-order valence-electron chi connectivity index (χ3n) is 4.06. The average molecular weight is 417 g/mol. The summed E-state index contributed by atoms with van der Waals surface area (Å²) in [5.74, 6) is -1.62. The molecule has 7 nitrogen and oxygen atoms in total. The molecule has 0 radical (unpaired) electrons. The highest BCUT2D eigenvalue weighted by molar-refractivity contribution is 7.89. The van der Waals surface area contributed by atoms with Gasteiger partial charge in [0.05, 0.1) is 17.4 Å². The molecule has 1 amide bonds. The Morgan fingerprint density at radius 1 is 0.966 bits per heavy atom. The van der Waals surface area contributed by atoms with Crippen molar-refractivity contribution in [3.8, 4) is 0 Å². The molecular formula is C21H23NO6S. The van der Waals surface area contributed by atoms with Crippen LogP contribution in [0.2, 0.25) is 0 Å². The minimum absolute atomic E-state index is 0.126. The number of ether oxygens (including phenoxy) is 1. The number of esters is 1. The largest absolute Gasteiger partial charge is 0.452 e. The van der Waals surface area contributed by atoms with Crippen LogP contribution < -0.4 is 5.32 Å². The summed E-state index contributed by atoms with van der Waals surface area (Å²) >= 11 is 0. The van der Waals surface area contributed by atoms with Gasteiger partial charge in [-0.15, -0.1) is 0 Å². The summed E-state index contributed by atoms with van der Waals surface area (Å²) in [6.07, 6.45) is 1.47. The number of Topliss-reactive ketones (excluding diaryl/α,β-unsaturated/α-hetero) is 1. The Morgan fingerprint density at radius 2 is 1.59 bits per heavy atom. The van der Waals surface area contributed by atoms with Crippen LogP contribution >= 0.6 is 0 Å². The van der Waals surface area contributed by atoms with Gasteiger partial charge in [-0.3, -0.25) is 9.59 Å². The molecule has 2 aromatic rings. The summed E-state index contributed by atoms with van der Waals surface area (Å²) in [4.78, 5) is 36.0. The zero-order chi connectivity index (χ0) is 21.4. The summed E-state index contributed by atoms with van der Waals surface area (Å²) < 4.78 is 27.6. The van der Waals surface area contributed by atoms with E-state index in [-0.39, 0.29) is 17.1 Å². The van der Waals surface area contributed by atoms with Gasteiger partial charge >= 0.3 is 5.97 Å². The maximum atomic E-state index is 12.1. The Hall–Kier alpha value is -3.00. The molecule has 0 aliphatic carbocycles. The third kappa shape index (κ3) is 7.87. The topological polar surface area (TPSA) is 107 Å². The second kappa shape index (κ2) is 9.97. The first-order chi connectivity index (χ1) is 13.6. The molecule has 1 atom stereocenters. The summed E-state index contributed by atoms with van der Waals surface area (Å²) in [6, 6.07) is 14.5. The first-order valence-corrected chi connectivity index (χ1v) is 11.0. The van der Waals surface area contributed by atoms with E-state index in [4.69, 9.17) is 4.74 Å². The highest BCUT2D eigenvalue weighted by Gasteiger charge is 2.19. The van der Waals surface area contributed by atoms with E-state index in [1.54, 1.807) is 0 Å². The van der Waals surface area contributed by atoms with Crippen LogP contribution in [0.15, 0.2) is 54.6 Å². The molecule has 0 fully saturated rings. The van der Waals surface area contributed by atoms with Gasteiger partial charge in [-0.25, -0.2) is 13.2 Å². The molecule has 154 valence electrons. The molecule has 1 N–H and O–H groups in total. The van der Waals surface area contributed by atoms with Gasteiger partial charge in [0.2, 0.25) is 0 Å². The van der Waals surface area contributed by atoms with E-state index in [1.807, 2.05) is 30.3 Å². The number of amides is 1. The molecule has 0 heterocycles. The molecule has 0 aliphatic heterocycles. The number of carbonyl (C=O) groups is 3. The highest BCUT2D eigenvalue weighted by Crippen LogP contribution is 2.09. The maximum absolute atomic E-state index is 12.1. The molecule has 0 saturated carbocycles. The minimum atomic E-state index is -3.17. The lowest BCUT2D eigenvalue weighted by molar-refractivity contribution is -0.128. The molecule has 0 unspecified atom stereocenters. The van der Waals surface area contributed by atoms with Crippen molar-refractivity contribution < 1.29 is 27.5 Å². The fourth-order valence-electron chi connectivity index (χ4n) is 2.64. The van der Waals surface area contributed by atoms with E-state index < -0.39 is 34.4 Å². The third-order valence-corrected chi connectivity index (χ3v) is 4.92. The quantitative estimate of drug-likeness (QED) is 0.623. The summed E-state index contributed by atoms with van der Waals surface area (Å²) in [6.45, 7) is 0.862. The van der Waals surface area contributed by atoms with E-state index in [2.05, 4.69) is 5.32 Å². The van der Waals surface area contributed by atoms with E-state index in [9.17, 15) is 22.8 Å². The van der Waals surface area contributed by atoms with Crippen LogP contribution in [-0.4, -0.2) is 45.0 Å². The Balaban J connectivity index is 1.88. The molecule has 0 bridgehead atoms. The Bertz CT molecular complexity index is 968. The number of ketones is 1. The molecule has 2 rings (SSSR count). The number of carbonyl (C=O) groups excluding carboxylic acids is 3. The van der Waals surface area contributed by atoms with Crippen LogP contribution in [0.4, 0.5) is 0 Å². The van der Waals surface area contributed by atoms with Gasteiger partial charge in [-0.05, 0) is 36.6 Å². The minimum Gasteiger partial charge on any atom is -0.452 e. The van der Waals surface area contributed by atoms with Crippen LogP contribution in [0.5, 0.6) is 0 Å². The van der Waals surface area contributed by atoms with Crippen molar-refractivity contribution in [3.63, 3.8) is 0 Å². The second-order valence-electron chi connectivity index (χ2n) is 6.76. The average Bonchev–Trinajstić information content (AvgIpc) is 2.65. The van der Waals surface area contributed by atoms with Gasteiger partial charge in [0, 0.05) is 6.26 Å². The van der Waals surface area contributed by atoms with Crippen molar-refractivity contribution >= 4 is 27.5 Å². The Labute approximate surface area is 170 Å². The normalized spacial score (nSPS) is 12.1. The van der Waals surface area contributed by atoms with Crippen LogP contribution in [0, 0.1) is 0 Å². The predicted octanol–water partition coefficient (Wildman–Crippen LogP) is 1.70. The Kier molecular flexibility index (Phi) is 7.67. The summed E-state index contributed by atoms with van der Waals surface area (Å²) in [5, 5.41) is 2.57. The van der Waals surface area contributed by atoms with Crippen LogP contribution in [-0.2, 0) is 36.3 Å². The summed E-state index contributed by atoms with van der Waals surface area (Å²) in [5.41, 5.74) is 1.65. The fraction of sp³-hybridized carbons (Fsp3) is 0.286. The zero-order valence-electron chi connectivity index (χ0n) is 16.3. The predicted molar refractivity (Wildman–Crippen MR) is 108 cm³/mol. The van der Waals surface area contributed by atoms with E-state index >= 15 is 0 Å². The van der Waals surface area contributed by atoms with Crippen molar-refractivity contribution in [1.82, 2.24) is 5.32 Å². The SMILES string of the molecule is CC(=O)[C@H](Cc1ccccc1)NC(=O)COC(=O)c1ccc(CS(C)(=O)=O)cc1. The molecule has 2 aromatic carbocycles. The molecule has 29 heavy (non-hydrogen) atoms. The number of hydrogen-bond acceptors (Lipinski definition) is 6.